The predicted octanol–water partition coefficient (Wildman–Crippen LogP) is 4.41. The highest BCUT2D eigenvalue weighted by Gasteiger charge is 2.23. The lowest BCUT2D eigenvalue weighted by Gasteiger charge is -2.22. The molecule has 3 aromatic rings. The molecule has 0 fully saturated rings. The average molecular weight is 440 g/mol. The lowest BCUT2D eigenvalue weighted by molar-refractivity contribution is 0.0981. The van der Waals surface area contributed by atoms with Crippen molar-refractivity contribution < 1.29 is 18.4 Å². The van der Waals surface area contributed by atoms with Gasteiger partial charge in [-0.25, -0.2) is 13.8 Å². The minimum absolute atomic E-state index is 0. The van der Waals surface area contributed by atoms with Crippen molar-refractivity contribution in [2.45, 2.75) is 6.92 Å². The maximum absolute atomic E-state index is 14.0. The van der Waals surface area contributed by atoms with Gasteiger partial charge in [0.05, 0.1) is 4.70 Å². The van der Waals surface area contributed by atoms with Gasteiger partial charge < -0.3 is 4.90 Å². The number of hydrogen-bond acceptors (Lipinski definition) is 5. The number of rotatable bonds is 6. The Labute approximate surface area is 177 Å². The van der Waals surface area contributed by atoms with E-state index in [1.165, 1.54) is 17.9 Å². The quantitative estimate of drug-likeness (QED) is 0.534. The molecule has 1 amide bonds. The maximum Gasteiger partial charge on any atom is 0.260 e. The van der Waals surface area contributed by atoms with Gasteiger partial charge in [-0.3, -0.25) is 14.5 Å². The van der Waals surface area contributed by atoms with E-state index < -0.39 is 11.6 Å². The van der Waals surface area contributed by atoms with E-state index in [4.69, 9.17) is 0 Å². The molecular weight excluding hydrogens is 420 g/mol. The molecule has 0 N–H and O–H groups in total. The number of amides is 1. The summed E-state index contributed by atoms with van der Waals surface area (Å²) in [6.07, 6.45) is 0. The van der Waals surface area contributed by atoms with Crippen LogP contribution in [0.25, 0.3) is 10.2 Å². The summed E-state index contributed by atoms with van der Waals surface area (Å²) >= 11 is 1.06. The molecular formula is C20H20ClF2N3O2S. The number of likely N-dealkylation sites (N-methyl/N-ethyl adjacent to an activating group) is 1. The van der Waals surface area contributed by atoms with Gasteiger partial charge in [0.2, 0.25) is 0 Å². The fourth-order valence-corrected chi connectivity index (χ4v) is 3.68. The third kappa shape index (κ3) is 5.14. The summed E-state index contributed by atoms with van der Waals surface area (Å²) in [5.74, 6) is -1.86. The van der Waals surface area contributed by atoms with E-state index >= 15 is 0 Å². The number of ketones is 1. The van der Waals surface area contributed by atoms with Crippen LogP contribution in [0.3, 0.4) is 0 Å². The molecule has 0 bridgehead atoms. The Hall–Kier alpha value is -2.42. The number of carbonyl (C=O) groups excluding carboxylic acids is 2. The normalized spacial score (nSPS) is 10.8. The van der Waals surface area contributed by atoms with Crippen LogP contribution in [-0.4, -0.2) is 48.8 Å². The molecule has 5 nitrogen and oxygen atoms in total. The first-order chi connectivity index (χ1) is 13.3. The van der Waals surface area contributed by atoms with Crippen LogP contribution in [0, 0.1) is 11.6 Å². The molecule has 0 aliphatic heterocycles. The Morgan fingerprint density at radius 1 is 1.03 bits per heavy atom. The first kappa shape index (κ1) is 22.9. The molecule has 1 heterocycles. The topological polar surface area (TPSA) is 53.5 Å². The van der Waals surface area contributed by atoms with E-state index in [9.17, 15) is 18.4 Å². The van der Waals surface area contributed by atoms with Crippen LogP contribution in [0.5, 0.6) is 0 Å². The van der Waals surface area contributed by atoms with Crippen LogP contribution in [0.4, 0.5) is 13.9 Å². The number of anilines is 1. The molecule has 154 valence electrons. The van der Waals surface area contributed by atoms with E-state index in [0.717, 1.165) is 17.4 Å². The number of thiazole rings is 1. The van der Waals surface area contributed by atoms with Crippen molar-refractivity contribution in [3.05, 3.63) is 59.2 Å². The Kier molecular flexibility index (Phi) is 7.40. The molecule has 1 aromatic heterocycles. The van der Waals surface area contributed by atoms with Crippen molar-refractivity contribution >= 4 is 50.8 Å². The van der Waals surface area contributed by atoms with Gasteiger partial charge in [0, 0.05) is 30.3 Å². The van der Waals surface area contributed by atoms with E-state index in [-0.39, 0.29) is 29.6 Å². The number of fused-ring (bicyclic) bond motifs is 1. The smallest absolute Gasteiger partial charge is 0.260 e. The summed E-state index contributed by atoms with van der Waals surface area (Å²) in [4.78, 5) is 32.1. The highest BCUT2D eigenvalue weighted by molar-refractivity contribution is 7.22. The molecule has 29 heavy (non-hydrogen) atoms. The lowest BCUT2D eigenvalue weighted by atomic mass is 10.1. The zero-order valence-corrected chi connectivity index (χ0v) is 17.7. The molecule has 0 aliphatic rings. The summed E-state index contributed by atoms with van der Waals surface area (Å²) in [5, 5.41) is 0.294. The summed E-state index contributed by atoms with van der Waals surface area (Å²) in [5.41, 5.74) is 0.930. The third-order valence-corrected chi connectivity index (χ3v) is 5.21. The van der Waals surface area contributed by atoms with E-state index in [2.05, 4.69) is 4.98 Å². The minimum Gasteiger partial charge on any atom is -0.308 e. The number of benzene rings is 2. The van der Waals surface area contributed by atoms with Crippen molar-refractivity contribution in [2.75, 3.05) is 32.1 Å². The van der Waals surface area contributed by atoms with Crippen LogP contribution in [0.1, 0.15) is 27.6 Å². The Balaban J connectivity index is 0.00000300. The molecule has 0 unspecified atom stereocenters. The van der Waals surface area contributed by atoms with Gasteiger partial charge >= 0.3 is 0 Å². The van der Waals surface area contributed by atoms with Gasteiger partial charge in [-0.15, -0.1) is 12.4 Å². The summed E-state index contributed by atoms with van der Waals surface area (Å²) < 4.78 is 27.9. The van der Waals surface area contributed by atoms with Crippen molar-refractivity contribution in [2.24, 2.45) is 0 Å². The lowest BCUT2D eigenvalue weighted by Crippen LogP contribution is -2.36. The van der Waals surface area contributed by atoms with Crippen LogP contribution < -0.4 is 4.90 Å². The third-order valence-electron chi connectivity index (χ3n) is 4.19. The number of carbonyl (C=O) groups is 2. The molecule has 0 saturated heterocycles. The van der Waals surface area contributed by atoms with Crippen molar-refractivity contribution in [1.29, 1.82) is 0 Å². The van der Waals surface area contributed by atoms with E-state index in [1.807, 2.05) is 19.0 Å². The van der Waals surface area contributed by atoms with Gasteiger partial charge in [-0.1, -0.05) is 23.5 Å². The number of halogens is 3. The average Bonchev–Trinajstić information content (AvgIpc) is 3.05. The molecule has 2 aromatic carbocycles. The van der Waals surface area contributed by atoms with E-state index in [1.54, 1.807) is 24.3 Å². The van der Waals surface area contributed by atoms with E-state index in [0.29, 0.717) is 34.0 Å². The van der Waals surface area contributed by atoms with Crippen molar-refractivity contribution in [1.82, 2.24) is 9.88 Å². The summed E-state index contributed by atoms with van der Waals surface area (Å²) in [7, 11) is 3.75. The van der Waals surface area contributed by atoms with Crippen LogP contribution >= 0.6 is 23.7 Å². The fraction of sp³-hybridized carbons (Fsp3) is 0.250. The van der Waals surface area contributed by atoms with Crippen LogP contribution in [0.2, 0.25) is 0 Å². The SMILES string of the molecule is CC(=O)c1ccc(C(=O)N(CCN(C)C)c2nc3c(F)cc(F)cc3s2)cc1.Cl. The van der Waals surface area contributed by atoms with Crippen LogP contribution in [-0.2, 0) is 0 Å². The molecule has 0 saturated carbocycles. The second-order valence-corrected chi connectivity index (χ2v) is 7.63. The van der Waals surface area contributed by atoms with Crippen LogP contribution in [0.15, 0.2) is 36.4 Å². The highest BCUT2D eigenvalue weighted by Crippen LogP contribution is 2.32. The minimum atomic E-state index is -0.761. The maximum atomic E-state index is 14.0. The second kappa shape index (κ2) is 9.39. The Morgan fingerprint density at radius 2 is 1.66 bits per heavy atom. The van der Waals surface area contributed by atoms with Crippen molar-refractivity contribution in [3.63, 3.8) is 0 Å². The fourth-order valence-electron chi connectivity index (χ4n) is 2.65. The molecule has 0 spiro atoms. The largest absolute Gasteiger partial charge is 0.308 e. The van der Waals surface area contributed by atoms with Crippen molar-refractivity contribution in [3.8, 4) is 0 Å². The predicted molar refractivity (Wildman–Crippen MR) is 113 cm³/mol. The monoisotopic (exact) mass is 439 g/mol. The molecule has 9 heteroatoms. The highest BCUT2D eigenvalue weighted by atomic mass is 35.5. The number of hydrogen-bond donors (Lipinski definition) is 0. The number of Topliss-reactive ketones (excluding diaryl/α,β-unsaturated/α-hetero) is 1. The first-order valence-electron chi connectivity index (χ1n) is 8.59. The molecule has 0 atom stereocenters. The van der Waals surface area contributed by atoms with Gasteiger partial charge in [-0.2, -0.15) is 0 Å². The summed E-state index contributed by atoms with van der Waals surface area (Å²) in [6.45, 7) is 2.34. The second-order valence-electron chi connectivity index (χ2n) is 6.62. The zero-order valence-electron chi connectivity index (χ0n) is 16.1. The molecule has 3 rings (SSSR count). The standard InChI is InChI=1S/C20H19F2N3O2S.ClH/c1-12(26)13-4-6-14(7-5-13)19(27)25(9-8-24(2)3)20-23-18-16(22)10-15(21)11-17(18)28-20;/h4-7,10-11H,8-9H2,1-3H3;1H. The Bertz CT molecular complexity index is 1040. The molecule has 0 aliphatic carbocycles. The summed E-state index contributed by atoms with van der Waals surface area (Å²) in [6, 6.07) is 8.32. The molecule has 0 radical (unpaired) electrons. The zero-order chi connectivity index (χ0) is 20.4. The van der Waals surface area contributed by atoms with Gasteiger partial charge in [0.25, 0.3) is 5.91 Å². The van der Waals surface area contributed by atoms with Gasteiger partial charge in [0.1, 0.15) is 11.3 Å². The number of aromatic nitrogens is 1. The van der Waals surface area contributed by atoms with Gasteiger partial charge in [-0.05, 0) is 39.2 Å². The first-order valence-corrected chi connectivity index (χ1v) is 9.41. The Morgan fingerprint density at radius 3 is 2.24 bits per heavy atom. The number of nitrogens with zero attached hydrogens (tertiary/aromatic N) is 3. The van der Waals surface area contributed by atoms with Gasteiger partial charge in [0.15, 0.2) is 16.7 Å².